The van der Waals surface area contributed by atoms with Gasteiger partial charge in [-0.1, -0.05) is 27.7 Å². The van der Waals surface area contributed by atoms with Crippen LogP contribution in [0.3, 0.4) is 0 Å². The molecule has 11 nitrogen and oxygen atoms in total. The van der Waals surface area contributed by atoms with E-state index in [2.05, 4.69) is 101 Å². The Kier molecular flexibility index (Phi) is 9.53. The Morgan fingerprint density at radius 2 is 1.13 bits per heavy atom. The first-order valence-electron chi connectivity index (χ1n) is 15.4. The predicted molar refractivity (Wildman–Crippen MR) is 187 cm³/mol. The molecule has 46 heavy (non-hydrogen) atoms. The zero-order chi connectivity index (χ0) is 32.0. The third-order valence-electron chi connectivity index (χ3n) is 7.70. The lowest BCUT2D eigenvalue weighted by molar-refractivity contribution is 0.843. The second-order valence-corrected chi connectivity index (χ2v) is 12.7. The van der Waals surface area contributed by atoms with Gasteiger partial charge in [-0.2, -0.15) is 10.2 Å². The van der Waals surface area contributed by atoms with Crippen molar-refractivity contribution in [1.82, 2.24) is 40.3 Å². The van der Waals surface area contributed by atoms with Gasteiger partial charge in [0.1, 0.15) is 11.6 Å². The van der Waals surface area contributed by atoms with Crippen molar-refractivity contribution < 1.29 is 0 Å². The van der Waals surface area contributed by atoms with Gasteiger partial charge in [0.05, 0.1) is 46.3 Å². The van der Waals surface area contributed by atoms with Crippen LogP contribution in [0.5, 0.6) is 0 Å². The van der Waals surface area contributed by atoms with Crippen molar-refractivity contribution in [2.75, 3.05) is 28.6 Å². The first-order chi connectivity index (χ1) is 22.3. The molecule has 0 aromatic carbocycles. The lowest BCUT2D eigenvalue weighted by atomic mass is 10.1. The van der Waals surface area contributed by atoms with E-state index in [1.54, 1.807) is 18.6 Å². The van der Waals surface area contributed by atoms with Crippen molar-refractivity contribution in [1.29, 1.82) is 0 Å². The fourth-order valence-corrected chi connectivity index (χ4v) is 5.36. The van der Waals surface area contributed by atoms with E-state index in [9.17, 15) is 0 Å². The standard InChI is InChI=1S/C19H22N6.C15H14BrN5/c1-13(2)14-9-19(24-21-11-14)23-18-6-5-16-17(22-18)10-15(12-20-16)25-7-3-4-8-25;1-9(2)10-5-15(21-18-7-10)20-14-4-3-12-13(19-14)6-11(16)8-17-12/h5-6,9-13H,3-4,7-8H2,1-2H3,(H,22,23,24);3-9H,1-2H3,(H,19,20,21). The van der Waals surface area contributed by atoms with Gasteiger partial charge in [-0.3, -0.25) is 9.97 Å². The van der Waals surface area contributed by atoms with Crippen LogP contribution in [0.1, 0.15) is 63.5 Å². The van der Waals surface area contributed by atoms with Crippen molar-refractivity contribution >= 4 is 67.0 Å². The molecule has 0 bridgehead atoms. The molecule has 2 N–H and O–H groups in total. The number of halogens is 1. The predicted octanol–water partition coefficient (Wildman–Crippen LogP) is 7.94. The first kappa shape index (κ1) is 31.2. The second-order valence-electron chi connectivity index (χ2n) is 11.8. The number of pyridine rings is 4. The number of nitrogens with one attached hydrogen (secondary N) is 2. The molecule has 7 rings (SSSR count). The Hall–Kier alpha value is -4.84. The molecule has 0 saturated carbocycles. The summed E-state index contributed by atoms with van der Waals surface area (Å²) < 4.78 is 0.904. The van der Waals surface area contributed by atoms with Gasteiger partial charge in [0.25, 0.3) is 0 Å². The van der Waals surface area contributed by atoms with Crippen LogP contribution >= 0.6 is 15.9 Å². The SMILES string of the molecule is CC(C)c1cnnc(Nc2ccc3ncc(Br)cc3n2)c1.CC(C)c1cnnc(Nc2ccc3ncc(N4CCCC4)cc3n2)c1. The summed E-state index contributed by atoms with van der Waals surface area (Å²) in [5, 5.41) is 22.8. The van der Waals surface area contributed by atoms with Gasteiger partial charge in [0.15, 0.2) is 11.6 Å². The minimum absolute atomic E-state index is 0.408. The Morgan fingerprint density at radius 1 is 0.609 bits per heavy atom. The number of hydrogen-bond donors (Lipinski definition) is 2. The van der Waals surface area contributed by atoms with Crippen molar-refractivity contribution in [3.05, 3.63) is 88.9 Å². The molecule has 1 aliphatic rings. The van der Waals surface area contributed by atoms with E-state index in [1.807, 2.05) is 48.7 Å². The molecule has 0 unspecified atom stereocenters. The van der Waals surface area contributed by atoms with E-state index in [0.717, 1.165) is 68.1 Å². The average molecular weight is 679 g/mol. The molecule has 7 heterocycles. The zero-order valence-corrected chi connectivity index (χ0v) is 27.9. The number of fused-ring (bicyclic) bond motifs is 2. The minimum Gasteiger partial charge on any atom is -0.370 e. The third-order valence-corrected chi connectivity index (χ3v) is 8.13. The van der Waals surface area contributed by atoms with Gasteiger partial charge < -0.3 is 15.5 Å². The molecular formula is C34H36BrN11. The topological polar surface area (TPSA) is 130 Å². The largest absolute Gasteiger partial charge is 0.370 e. The summed E-state index contributed by atoms with van der Waals surface area (Å²) in [6.07, 6.45) is 9.78. The molecule has 6 aromatic heterocycles. The lowest BCUT2D eigenvalue weighted by Gasteiger charge is -2.17. The molecule has 1 fully saturated rings. The van der Waals surface area contributed by atoms with Crippen LogP contribution in [0.15, 0.2) is 77.8 Å². The normalized spacial score (nSPS) is 12.9. The second kappa shape index (κ2) is 14.1. The summed E-state index contributed by atoms with van der Waals surface area (Å²) in [6, 6.07) is 15.8. The van der Waals surface area contributed by atoms with Crippen LogP contribution in [0.2, 0.25) is 0 Å². The Bertz CT molecular complexity index is 1960. The molecule has 0 atom stereocenters. The first-order valence-corrected chi connectivity index (χ1v) is 16.2. The lowest BCUT2D eigenvalue weighted by Crippen LogP contribution is -2.17. The molecule has 0 amide bonds. The van der Waals surface area contributed by atoms with Crippen LogP contribution in [0.25, 0.3) is 22.1 Å². The van der Waals surface area contributed by atoms with Crippen molar-refractivity contribution in [2.24, 2.45) is 0 Å². The van der Waals surface area contributed by atoms with E-state index in [0.29, 0.717) is 23.5 Å². The van der Waals surface area contributed by atoms with E-state index in [-0.39, 0.29) is 0 Å². The number of nitrogens with zero attached hydrogens (tertiary/aromatic N) is 9. The fraction of sp³-hybridized carbons (Fsp3) is 0.294. The Balaban J connectivity index is 0.000000164. The van der Waals surface area contributed by atoms with Crippen LogP contribution < -0.4 is 15.5 Å². The van der Waals surface area contributed by atoms with Crippen LogP contribution in [0.4, 0.5) is 29.0 Å². The van der Waals surface area contributed by atoms with Gasteiger partial charge in [-0.15, -0.1) is 10.2 Å². The minimum atomic E-state index is 0.408. The summed E-state index contributed by atoms with van der Waals surface area (Å²) in [6.45, 7) is 10.7. The highest BCUT2D eigenvalue weighted by Crippen LogP contribution is 2.25. The molecule has 1 saturated heterocycles. The fourth-order valence-electron chi connectivity index (χ4n) is 5.05. The molecule has 0 radical (unpaired) electrons. The monoisotopic (exact) mass is 677 g/mol. The van der Waals surface area contributed by atoms with Crippen molar-refractivity contribution in [3.8, 4) is 0 Å². The molecule has 0 spiro atoms. The van der Waals surface area contributed by atoms with Crippen LogP contribution in [-0.4, -0.2) is 53.4 Å². The summed E-state index contributed by atoms with van der Waals surface area (Å²) in [7, 11) is 0. The van der Waals surface area contributed by atoms with Crippen LogP contribution in [-0.2, 0) is 0 Å². The quantitative estimate of drug-likeness (QED) is 0.171. The number of hydrogen-bond acceptors (Lipinski definition) is 11. The van der Waals surface area contributed by atoms with Gasteiger partial charge in [-0.05, 0) is 100 Å². The van der Waals surface area contributed by atoms with E-state index < -0.39 is 0 Å². The van der Waals surface area contributed by atoms with E-state index >= 15 is 0 Å². The summed E-state index contributed by atoms with van der Waals surface area (Å²) in [4.78, 5) is 20.5. The van der Waals surface area contributed by atoms with Gasteiger partial charge in [-0.25, -0.2) is 9.97 Å². The Labute approximate surface area is 276 Å². The summed E-state index contributed by atoms with van der Waals surface area (Å²) >= 11 is 3.40. The van der Waals surface area contributed by atoms with Gasteiger partial charge >= 0.3 is 0 Å². The van der Waals surface area contributed by atoms with Crippen molar-refractivity contribution in [3.63, 3.8) is 0 Å². The highest BCUT2D eigenvalue weighted by Gasteiger charge is 2.14. The number of anilines is 5. The highest BCUT2D eigenvalue weighted by atomic mass is 79.9. The van der Waals surface area contributed by atoms with Crippen molar-refractivity contribution in [2.45, 2.75) is 52.4 Å². The average Bonchev–Trinajstić information content (AvgIpc) is 3.60. The highest BCUT2D eigenvalue weighted by molar-refractivity contribution is 9.10. The molecule has 12 heteroatoms. The number of aromatic nitrogens is 8. The maximum atomic E-state index is 4.71. The van der Waals surface area contributed by atoms with E-state index in [4.69, 9.17) is 4.98 Å². The molecule has 6 aromatic rings. The Morgan fingerprint density at radius 3 is 1.67 bits per heavy atom. The molecule has 0 aliphatic carbocycles. The van der Waals surface area contributed by atoms with Gasteiger partial charge in [0.2, 0.25) is 0 Å². The molecule has 234 valence electrons. The maximum Gasteiger partial charge on any atom is 0.154 e. The van der Waals surface area contributed by atoms with Gasteiger partial charge in [0, 0.05) is 23.8 Å². The van der Waals surface area contributed by atoms with Crippen LogP contribution in [0, 0.1) is 0 Å². The smallest absolute Gasteiger partial charge is 0.154 e. The zero-order valence-electron chi connectivity index (χ0n) is 26.3. The summed E-state index contributed by atoms with van der Waals surface area (Å²) in [5.41, 5.74) is 6.90. The number of rotatable bonds is 7. The molecular weight excluding hydrogens is 642 g/mol. The van der Waals surface area contributed by atoms with E-state index in [1.165, 1.54) is 12.8 Å². The maximum absolute atomic E-state index is 4.71. The summed E-state index contributed by atoms with van der Waals surface area (Å²) in [5.74, 6) is 3.69. The third kappa shape index (κ3) is 7.68. The molecule has 1 aliphatic heterocycles.